The average Bonchev–Trinajstić information content (AvgIpc) is 2.24. The summed E-state index contributed by atoms with van der Waals surface area (Å²) in [7, 11) is 1.87. The minimum absolute atomic E-state index is 0.109. The third kappa shape index (κ3) is 2.70. The van der Waals surface area contributed by atoms with Gasteiger partial charge in [-0.2, -0.15) is 0 Å². The molecular weight excluding hydrogens is 213 g/mol. The molecular formula is C12H17ClFN. The van der Waals surface area contributed by atoms with Gasteiger partial charge in [0.25, 0.3) is 0 Å². The van der Waals surface area contributed by atoms with Crippen LogP contribution in [0.1, 0.15) is 31.9 Å². The Balaban J connectivity index is 3.07. The van der Waals surface area contributed by atoms with Gasteiger partial charge in [0.2, 0.25) is 0 Å². The lowest BCUT2D eigenvalue weighted by molar-refractivity contribution is 0.399. The van der Waals surface area contributed by atoms with Gasteiger partial charge in [0.1, 0.15) is 5.82 Å². The summed E-state index contributed by atoms with van der Waals surface area (Å²) in [4.78, 5) is 0. The molecule has 0 saturated carbocycles. The molecule has 1 rings (SSSR count). The summed E-state index contributed by atoms with van der Waals surface area (Å²) < 4.78 is 13.3. The molecule has 2 unspecified atom stereocenters. The van der Waals surface area contributed by atoms with Crippen LogP contribution < -0.4 is 5.32 Å². The van der Waals surface area contributed by atoms with Crippen molar-refractivity contribution in [2.75, 3.05) is 7.05 Å². The first-order valence-corrected chi connectivity index (χ1v) is 5.60. The topological polar surface area (TPSA) is 12.0 Å². The Morgan fingerprint density at radius 2 is 2.13 bits per heavy atom. The summed E-state index contributed by atoms with van der Waals surface area (Å²) in [5.41, 5.74) is 0.841. The van der Waals surface area contributed by atoms with Crippen molar-refractivity contribution in [3.05, 3.63) is 34.6 Å². The largest absolute Gasteiger partial charge is 0.313 e. The highest BCUT2D eigenvalue weighted by atomic mass is 35.5. The average molecular weight is 230 g/mol. The van der Waals surface area contributed by atoms with E-state index in [1.807, 2.05) is 13.1 Å². The van der Waals surface area contributed by atoms with Crippen molar-refractivity contribution in [2.45, 2.75) is 26.3 Å². The maximum atomic E-state index is 13.3. The van der Waals surface area contributed by atoms with Crippen LogP contribution >= 0.6 is 11.6 Å². The molecule has 15 heavy (non-hydrogen) atoms. The predicted octanol–water partition coefficient (Wildman–Crippen LogP) is 3.79. The van der Waals surface area contributed by atoms with Crippen LogP contribution in [0.5, 0.6) is 0 Å². The number of nitrogens with one attached hydrogen (secondary N) is 1. The van der Waals surface area contributed by atoms with Gasteiger partial charge in [-0.25, -0.2) is 4.39 Å². The highest BCUT2D eigenvalue weighted by Gasteiger charge is 2.19. The molecule has 0 amide bonds. The van der Waals surface area contributed by atoms with Crippen LogP contribution in [0, 0.1) is 11.7 Å². The lowest BCUT2D eigenvalue weighted by Crippen LogP contribution is -2.23. The Kier molecular flexibility index (Phi) is 4.55. The molecule has 0 radical (unpaired) electrons. The molecule has 0 aliphatic rings. The van der Waals surface area contributed by atoms with Crippen molar-refractivity contribution >= 4 is 11.6 Å². The van der Waals surface area contributed by atoms with Crippen LogP contribution in [0.4, 0.5) is 4.39 Å². The summed E-state index contributed by atoms with van der Waals surface area (Å²) in [6.45, 7) is 4.24. The van der Waals surface area contributed by atoms with Crippen molar-refractivity contribution in [3.8, 4) is 0 Å². The fourth-order valence-corrected chi connectivity index (χ4v) is 1.99. The lowest BCUT2D eigenvalue weighted by Gasteiger charge is -2.23. The molecule has 0 saturated heterocycles. The van der Waals surface area contributed by atoms with Crippen LogP contribution in [-0.2, 0) is 0 Å². The van der Waals surface area contributed by atoms with Gasteiger partial charge < -0.3 is 5.32 Å². The van der Waals surface area contributed by atoms with E-state index >= 15 is 0 Å². The number of benzene rings is 1. The van der Waals surface area contributed by atoms with E-state index in [4.69, 9.17) is 11.6 Å². The van der Waals surface area contributed by atoms with Gasteiger partial charge in [0, 0.05) is 6.04 Å². The highest BCUT2D eigenvalue weighted by Crippen LogP contribution is 2.31. The Morgan fingerprint density at radius 3 is 2.67 bits per heavy atom. The second-order valence-corrected chi connectivity index (χ2v) is 4.17. The number of hydrogen-bond acceptors (Lipinski definition) is 1. The van der Waals surface area contributed by atoms with Crippen LogP contribution in [0.25, 0.3) is 0 Å². The van der Waals surface area contributed by atoms with Gasteiger partial charge in [0.15, 0.2) is 0 Å². The van der Waals surface area contributed by atoms with E-state index in [9.17, 15) is 4.39 Å². The van der Waals surface area contributed by atoms with Crippen molar-refractivity contribution in [3.63, 3.8) is 0 Å². The van der Waals surface area contributed by atoms with Crippen molar-refractivity contribution in [2.24, 2.45) is 5.92 Å². The molecule has 0 aliphatic carbocycles. The summed E-state index contributed by atoms with van der Waals surface area (Å²) in [5, 5.41) is 3.42. The maximum absolute atomic E-state index is 13.3. The van der Waals surface area contributed by atoms with Crippen molar-refractivity contribution in [1.82, 2.24) is 5.32 Å². The first kappa shape index (κ1) is 12.5. The molecule has 0 heterocycles. The zero-order valence-electron chi connectivity index (χ0n) is 9.35. The highest BCUT2D eigenvalue weighted by molar-refractivity contribution is 6.31. The second kappa shape index (κ2) is 5.47. The molecule has 0 aliphatic heterocycles. The predicted molar refractivity (Wildman–Crippen MR) is 62.7 cm³/mol. The van der Waals surface area contributed by atoms with E-state index in [0.717, 1.165) is 12.0 Å². The molecule has 1 aromatic rings. The summed E-state index contributed by atoms with van der Waals surface area (Å²) in [5.74, 6) is 0.0759. The maximum Gasteiger partial charge on any atom is 0.142 e. The first-order valence-electron chi connectivity index (χ1n) is 5.23. The monoisotopic (exact) mass is 229 g/mol. The van der Waals surface area contributed by atoms with Gasteiger partial charge in [-0.3, -0.25) is 0 Å². The normalized spacial score (nSPS) is 15.0. The molecule has 0 fully saturated rings. The van der Waals surface area contributed by atoms with Gasteiger partial charge in [-0.15, -0.1) is 0 Å². The Labute approximate surface area is 95.6 Å². The number of rotatable bonds is 4. The van der Waals surface area contributed by atoms with E-state index in [2.05, 4.69) is 19.2 Å². The smallest absolute Gasteiger partial charge is 0.142 e. The molecule has 2 atom stereocenters. The van der Waals surface area contributed by atoms with Crippen molar-refractivity contribution in [1.29, 1.82) is 0 Å². The minimum Gasteiger partial charge on any atom is -0.313 e. The van der Waals surface area contributed by atoms with Crippen LogP contribution in [0.3, 0.4) is 0 Å². The van der Waals surface area contributed by atoms with Crippen LogP contribution in [0.15, 0.2) is 18.2 Å². The Bertz CT molecular complexity index is 327. The van der Waals surface area contributed by atoms with Crippen LogP contribution in [0.2, 0.25) is 5.02 Å². The molecule has 1 N–H and O–H groups in total. The van der Waals surface area contributed by atoms with E-state index in [1.54, 1.807) is 6.07 Å². The van der Waals surface area contributed by atoms with Crippen LogP contribution in [-0.4, -0.2) is 7.05 Å². The SMILES string of the molecule is CCC(C)C(NC)c1cccc(F)c1Cl. The number of halogens is 2. The van der Waals surface area contributed by atoms with E-state index in [-0.39, 0.29) is 16.9 Å². The third-order valence-corrected chi connectivity index (χ3v) is 3.24. The lowest BCUT2D eigenvalue weighted by atomic mass is 9.92. The summed E-state index contributed by atoms with van der Waals surface area (Å²) in [6.07, 6.45) is 1.03. The zero-order valence-corrected chi connectivity index (χ0v) is 10.1. The molecule has 0 aromatic heterocycles. The first-order chi connectivity index (χ1) is 7.11. The zero-order chi connectivity index (χ0) is 11.4. The van der Waals surface area contributed by atoms with E-state index in [1.165, 1.54) is 6.07 Å². The van der Waals surface area contributed by atoms with Gasteiger partial charge in [-0.05, 0) is 24.6 Å². The Hall–Kier alpha value is -0.600. The van der Waals surface area contributed by atoms with E-state index < -0.39 is 0 Å². The fourth-order valence-electron chi connectivity index (χ4n) is 1.74. The van der Waals surface area contributed by atoms with Gasteiger partial charge in [0.05, 0.1) is 5.02 Å². The molecule has 1 nitrogen and oxygen atoms in total. The molecule has 0 bridgehead atoms. The summed E-state index contributed by atoms with van der Waals surface area (Å²) >= 11 is 5.95. The third-order valence-electron chi connectivity index (χ3n) is 2.84. The minimum atomic E-state index is -0.349. The molecule has 1 aromatic carbocycles. The summed E-state index contributed by atoms with van der Waals surface area (Å²) in [6, 6.07) is 5.06. The Morgan fingerprint density at radius 1 is 1.47 bits per heavy atom. The molecule has 84 valence electrons. The van der Waals surface area contributed by atoms with E-state index in [0.29, 0.717) is 5.92 Å². The number of hydrogen-bond donors (Lipinski definition) is 1. The second-order valence-electron chi connectivity index (χ2n) is 3.79. The molecule has 3 heteroatoms. The molecule has 0 spiro atoms. The fraction of sp³-hybridized carbons (Fsp3) is 0.500. The van der Waals surface area contributed by atoms with Gasteiger partial charge >= 0.3 is 0 Å². The quantitative estimate of drug-likeness (QED) is 0.829. The van der Waals surface area contributed by atoms with Gasteiger partial charge in [-0.1, -0.05) is 44.0 Å². The van der Waals surface area contributed by atoms with Crippen molar-refractivity contribution < 1.29 is 4.39 Å². The standard InChI is InChI=1S/C12H17ClFN/c1-4-8(2)12(15-3)9-6-5-7-10(14)11(9)13/h5-8,12,15H,4H2,1-3H3.